The number of rotatable bonds is 6. The van der Waals surface area contributed by atoms with E-state index in [-0.39, 0.29) is 33.6 Å². The van der Waals surface area contributed by atoms with Crippen LogP contribution in [0.15, 0.2) is 103 Å². The molecule has 0 radical (unpaired) electrons. The van der Waals surface area contributed by atoms with Gasteiger partial charge in [-0.15, -0.1) is 0 Å². The molecule has 4 aromatic carbocycles. The van der Waals surface area contributed by atoms with Gasteiger partial charge in [0, 0.05) is 51.7 Å². The van der Waals surface area contributed by atoms with Crippen LogP contribution in [0.1, 0.15) is 43.0 Å². The minimum absolute atomic E-state index is 0.0347. The van der Waals surface area contributed by atoms with E-state index in [4.69, 9.17) is 0 Å². The highest BCUT2D eigenvalue weighted by Gasteiger charge is 2.37. The predicted octanol–water partition coefficient (Wildman–Crippen LogP) is 9.26. The number of benzene rings is 4. The Bertz CT molecular complexity index is 1590. The molecular weight excluding hydrogens is 516 g/mol. The van der Waals surface area contributed by atoms with E-state index in [1.807, 2.05) is 62.4 Å². The number of aryl methyl sites for hydroxylation is 2. The van der Waals surface area contributed by atoms with Crippen molar-refractivity contribution < 1.29 is 9.59 Å². The average Bonchev–Trinajstić information content (AvgIpc) is 2.92. The number of carbonyl (C=O) groups excluding carboxylic acids is 2. The SMILES string of the molecule is Cc1ccc(Sc2c(N=[N+]=[N-])c3c(c(N=[N+]=[N-])c2Sc2ccc(C)cc2)C(=O)c2ccccc2C3=O)cc1. The third-order valence-corrected chi connectivity index (χ3v) is 8.35. The maximum Gasteiger partial charge on any atom is 0.195 e. The molecule has 0 heterocycles. The summed E-state index contributed by atoms with van der Waals surface area (Å²) in [6.07, 6.45) is 0. The molecular formula is C28H18N6O2S2. The van der Waals surface area contributed by atoms with Gasteiger partial charge >= 0.3 is 0 Å². The Hall–Kier alpha value is -4.46. The molecule has 5 rings (SSSR count). The fourth-order valence-electron chi connectivity index (χ4n) is 4.19. The summed E-state index contributed by atoms with van der Waals surface area (Å²) in [4.78, 5) is 36.1. The highest BCUT2D eigenvalue weighted by molar-refractivity contribution is 8.02. The molecule has 8 nitrogen and oxygen atoms in total. The number of hydrogen-bond acceptors (Lipinski definition) is 6. The molecule has 0 N–H and O–H groups in total. The van der Waals surface area contributed by atoms with Gasteiger partial charge in [0.05, 0.1) is 11.4 Å². The van der Waals surface area contributed by atoms with Gasteiger partial charge < -0.3 is 0 Å². The smallest absolute Gasteiger partial charge is 0.195 e. The number of nitrogens with zero attached hydrogens (tertiary/aromatic N) is 6. The standard InChI is InChI=1S/C28H18N6O2S2/c1-15-7-11-17(12-8-15)37-27-23(31-33-29)21-22(26(36)20-6-4-3-5-19(20)25(21)35)24(32-34-30)28(27)38-18-13-9-16(2)10-14-18/h3-14H,1-2H3. The lowest BCUT2D eigenvalue weighted by molar-refractivity contribution is 0.0979. The molecule has 0 spiro atoms. The second-order valence-corrected chi connectivity index (χ2v) is 10.7. The monoisotopic (exact) mass is 534 g/mol. The summed E-state index contributed by atoms with van der Waals surface area (Å²) in [7, 11) is 0. The molecule has 1 aliphatic carbocycles. The molecule has 4 aromatic rings. The van der Waals surface area contributed by atoms with Crippen molar-refractivity contribution >= 4 is 46.5 Å². The number of carbonyl (C=O) groups is 2. The number of ketones is 2. The van der Waals surface area contributed by atoms with E-state index >= 15 is 0 Å². The van der Waals surface area contributed by atoms with Crippen LogP contribution in [0.5, 0.6) is 0 Å². The zero-order valence-corrected chi connectivity index (χ0v) is 21.9. The summed E-state index contributed by atoms with van der Waals surface area (Å²) >= 11 is 2.55. The van der Waals surface area contributed by atoms with Gasteiger partial charge in [0.25, 0.3) is 0 Å². The predicted molar refractivity (Wildman–Crippen MR) is 148 cm³/mol. The molecule has 0 saturated heterocycles. The van der Waals surface area contributed by atoms with Crippen LogP contribution in [0.25, 0.3) is 20.9 Å². The van der Waals surface area contributed by atoms with Crippen LogP contribution in [-0.2, 0) is 0 Å². The van der Waals surface area contributed by atoms with Crippen molar-refractivity contribution in [3.05, 3.63) is 127 Å². The molecule has 0 bridgehead atoms. The minimum Gasteiger partial charge on any atom is -0.289 e. The van der Waals surface area contributed by atoms with Crippen molar-refractivity contribution in [3.63, 3.8) is 0 Å². The second kappa shape index (κ2) is 10.5. The van der Waals surface area contributed by atoms with Crippen molar-refractivity contribution in [2.75, 3.05) is 0 Å². The van der Waals surface area contributed by atoms with Gasteiger partial charge in [-0.1, -0.05) is 93.4 Å². The first-order chi connectivity index (χ1) is 18.4. The van der Waals surface area contributed by atoms with E-state index < -0.39 is 11.6 Å². The lowest BCUT2D eigenvalue weighted by atomic mass is 9.82. The fraction of sp³-hybridized carbons (Fsp3) is 0.0714. The number of azide groups is 2. The normalized spacial score (nSPS) is 11.7. The van der Waals surface area contributed by atoms with E-state index in [0.717, 1.165) is 20.9 Å². The van der Waals surface area contributed by atoms with E-state index in [9.17, 15) is 20.7 Å². The Balaban J connectivity index is 1.88. The summed E-state index contributed by atoms with van der Waals surface area (Å²) in [6, 6.07) is 21.9. The second-order valence-electron chi connectivity index (χ2n) is 8.52. The Morgan fingerprint density at radius 2 is 0.974 bits per heavy atom. The van der Waals surface area contributed by atoms with Crippen LogP contribution in [0.3, 0.4) is 0 Å². The Morgan fingerprint density at radius 1 is 0.605 bits per heavy atom. The Kier molecular flexibility index (Phi) is 6.96. The molecule has 0 aliphatic heterocycles. The summed E-state index contributed by atoms with van der Waals surface area (Å²) in [5.41, 5.74) is 21.6. The third-order valence-electron chi connectivity index (χ3n) is 6.00. The minimum atomic E-state index is -0.468. The summed E-state index contributed by atoms with van der Waals surface area (Å²) in [6.45, 7) is 3.94. The van der Waals surface area contributed by atoms with E-state index in [1.54, 1.807) is 24.3 Å². The summed E-state index contributed by atoms with van der Waals surface area (Å²) in [5.74, 6) is -0.936. The van der Waals surface area contributed by atoms with Crippen molar-refractivity contribution in [2.45, 2.75) is 33.4 Å². The average molecular weight is 535 g/mol. The zero-order valence-electron chi connectivity index (χ0n) is 20.2. The van der Waals surface area contributed by atoms with Crippen molar-refractivity contribution in [1.82, 2.24) is 0 Å². The van der Waals surface area contributed by atoms with Crippen LogP contribution < -0.4 is 0 Å². The zero-order chi connectivity index (χ0) is 26.8. The van der Waals surface area contributed by atoms with E-state index in [2.05, 4.69) is 20.1 Å². The Labute approximate surface area is 226 Å². The highest BCUT2D eigenvalue weighted by Crippen LogP contribution is 2.54. The highest BCUT2D eigenvalue weighted by atomic mass is 32.2. The molecule has 0 fully saturated rings. The molecule has 1 aliphatic rings. The van der Waals surface area contributed by atoms with Gasteiger partial charge in [0.1, 0.15) is 0 Å². The van der Waals surface area contributed by atoms with Crippen LogP contribution in [-0.4, -0.2) is 11.6 Å². The molecule has 0 aromatic heterocycles. The summed E-state index contributed by atoms with van der Waals surface area (Å²) in [5, 5.41) is 7.90. The first-order valence-electron chi connectivity index (χ1n) is 11.4. The lowest BCUT2D eigenvalue weighted by Crippen LogP contribution is -2.21. The van der Waals surface area contributed by atoms with Crippen molar-refractivity contribution in [3.8, 4) is 0 Å². The van der Waals surface area contributed by atoms with Crippen LogP contribution in [0.2, 0.25) is 0 Å². The van der Waals surface area contributed by atoms with Crippen LogP contribution in [0, 0.1) is 13.8 Å². The maximum atomic E-state index is 13.8. The third kappa shape index (κ3) is 4.53. The first kappa shape index (κ1) is 25.2. The topological polar surface area (TPSA) is 132 Å². The largest absolute Gasteiger partial charge is 0.289 e. The number of fused-ring (bicyclic) bond motifs is 2. The van der Waals surface area contributed by atoms with Crippen LogP contribution >= 0.6 is 23.5 Å². The van der Waals surface area contributed by atoms with Crippen molar-refractivity contribution in [2.24, 2.45) is 10.2 Å². The lowest BCUT2D eigenvalue weighted by Gasteiger charge is -2.25. The Morgan fingerprint density at radius 3 is 1.32 bits per heavy atom. The fourth-order valence-corrected chi connectivity index (χ4v) is 6.31. The quantitative estimate of drug-likeness (QED) is 0.122. The van der Waals surface area contributed by atoms with Gasteiger partial charge in [0.15, 0.2) is 11.6 Å². The molecule has 0 amide bonds. The van der Waals surface area contributed by atoms with E-state index in [0.29, 0.717) is 9.79 Å². The summed E-state index contributed by atoms with van der Waals surface area (Å²) < 4.78 is 0. The molecule has 0 unspecified atom stereocenters. The molecule has 10 heteroatoms. The van der Waals surface area contributed by atoms with Crippen LogP contribution in [0.4, 0.5) is 11.4 Å². The van der Waals surface area contributed by atoms with Gasteiger partial charge in [-0.3, -0.25) is 9.59 Å². The van der Waals surface area contributed by atoms with Gasteiger partial charge in [-0.2, -0.15) is 0 Å². The molecule has 0 atom stereocenters. The van der Waals surface area contributed by atoms with Gasteiger partial charge in [-0.05, 0) is 49.2 Å². The molecule has 0 saturated carbocycles. The van der Waals surface area contributed by atoms with Gasteiger partial charge in [-0.25, -0.2) is 0 Å². The molecule has 38 heavy (non-hydrogen) atoms. The van der Waals surface area contributed by atoms with E-state index in [1.165, 1.54) is 23.5 Å². The number of hydrogen-bond donors (Lipinski definition) is 0. The molecule has 184 valence electrons. The first-order valence-corrected chi connectivity index (χ1v) is 13.1. The maximum absolute atomic E-state index is 13.8. The van der Waals surface area contributed by atoms with Crippen molar-refractivity contribution in [1.29, 1.82) is 0 Å². The van der Waals surface area contributed by atoms with Gasteiger partial charge in [0.2, 0.25) is 0 Å².